The summed E-state index contributed by atoms with van der Waals surface area (Å²) >= 11 is 0. The summed E-state index contributed by atoms with van der Waals surface area (Å²) < 4.78 is 19.8. The third kappa shape index (κ3) is 3.17. The number of hydrogen-bond donors (Lipinski definition) is 0. The highest BCUT2D eigenvalue weighted by Gasteiger charge is 2.37. The Kier molecular flexibility index (Phi) is 4.39. The van der Waals surface area contributed by atoms with E-state index in [1.54, 1.807) is 18.2 Å². The maximum absolute atomic E-state index is 14.0. The molecule has 0 saturated carbocycles. The zero-order chi connectivity index (χ0) is 18.1. The number of amides is 1. The highest BCUT2D eigenvalue weighted by Crippen LogP contribution is 2.39. The summed E-state index contributed by atoms with van der Waals surface area (Å²) in [7, 11) is 0. The number of carbonyl (C=O) groups is 1. The molecule has 1 atom stereocenters. The average Bonchev–Trinajstić information content (AvgIpc) is 2.58. The number of nitro benzene ring substituents is 1. The van der Waals surface area contributed by atoms with Crippen LogP contribution in [0.25, 0.3) is 0 Å². The van der Waals surface area contributed by atoms with Crippen LogP contribution in [0.4, 0.5) is 15.8 Å². The van der Waals surface area contributed by atoms with E-state index in [0.717, 1.165) is 0 Å². The molecule has 1 aliphatic heterocycles. The van der Waals surface area contributed by atoms with Gasteiger partial charge in [0.15, 0.2) is 6.10 Å². The van der Waals surface area contributed by atoms with Gasteiger partial charge < -0.3 is 9.64 Å². The van der Waals surface area contributed by atoms with Crippen LogP contribution in [0.1, 0.15) is 19.4 Å². The molecule has 0 spiro atoms. The lowest BCUT2D eigenvalue weighted by Crippen LogP contribution is -2.48. The highest BCUT2D eigenvalue weighted by molar-refractivity contribution is 6.00. The Bertz CT molecular complexity index is 838. The number of fused-ring (bicyclic) bond motifs is 1. The first kappa shape index (κ1) is 16.9. The maximum Gasteiger partial charge on any atom is 0.271 e. The van der Waals surface area contributed by atoms with Crippen molar-refractivity contribution < 1.29 is 18.8 Å². The molecule has 2 aromatic rings. The summed E-state index contributed by atoms with van der Waals surface area (Å²) in [4.78, 5) is 24.7. The first-order valence-electron chi connectivity index (χ1n) is 7.88. The molecule has 0 bridgehead atoms. The van der Waals surface area contributed by atoms with Gasteiger partial charge >= 0.3 is 0 Å². The predicted octanol–water partition coefficient (Wildman–Crippen LogP) is 3.68. The molecule has 0 saturated heterocycles. The molecular formula is C18H17FN2O4. The van der Waals surface area contributed by atoms with Crippen molar-refractivity contribution in [1.29, 1.82) is 0 Å². The minimum atomic E-state index is -0.722. The van der Waals surface area contributed by atoms with Crippen LogP contribution in [0.5, 0.6) is 5.75 Å². The molecule has 130 valence electrons. The molecule has 25 heavy (non-hydrogen) atoms. The summed E-state index contributed by atoms with van der Waals surface area (Å²) in [5.74, 6) is -0.500. The van der Waals surface area contributed by atoms with E-state index < -0.39 is 16.8 Å². The van der Waals surface area contributed by atoms with Crippen molar-refractivity contribution >= 4 is 17.3 Å². The molecule has 6 nitrogen and oxygen atoms in total. The Morgan fingerprint density at radius 2 is 2.00 bits per heavy atom. The van der Waals surface area contributed by atoms with Crippen molar-refractivity contribution in [3.05, 3.63) is 64.0 Å². The molecule has 3 rings (SSSR count). The number of rotatable bonds is 4. The van der Waals surface area contributed by atoms with E-state index in [2.05, 4.69) is 0 Å². The van der Waals surface area contributed by atoms with Crippen LogP contribution in [-0.4, -0.2) is 16.9 Å². The van der Waals surface area contributed by atoms with Crippen molar-refractivity contribution in [1.82, 2.24) is 0 Å². The van der Waals surface area contributed by atoms with E-state index in [-0.39, 0.29) is 29.7 Å². The molecule has 1 aliphatic rings. The fourth-order valence-electron chi connectivity index (χ4n) is 2.77. The lowest BCUT2D eigenvalue weighted by molar-refractivity contribution is -0.384. The SMILES string of the molecule is CC(C)C1Oc2ccc([N+](=O)[O-])cc2N(Cc2ccccc2F)C1=O. The number of anilines is 1. The first-order chi connectivity index (χ1) is 11.9. The maximum atomic E-state index is 14.0. The Morgan fingerprint density at radius 1 is 1.28 bits per heavy atom. The van der Waals surface area contributed by atoms with E-state index in [1.807, 2.05) is 13.8 Å². The Hall–Kier alpha value is -2.96. The minimum Gasteiger partial charge on any atom is -0.478 e. The van der Waals surface area contributed by atoms with Crippen LogP contribution in [0, 0.1) is 21.8 Å². The monoisotopic (exact) mass is 344 g/mol. The number of benzene rings is 2. The predicted molar refractivity (Wildman–Crippen MR) is 89.9 cm³/mol. The molecular weight excluding hydrogens is 327 g/mol. The van der Waals surface area contributed by atoms with Crippen molar-refractivity contribution in [2.75, 3.05) is 4.90 Å². The van der Waals surface area contributed by atoms with E-state index in [0.29, 0.717) is 11.3 Å². The normalized spacial score (nSPS) is 16.6. The number of halogens is 1. The minimum absolute atomic E-state index is 0.0216. The average molecular weight is 344 g/mol. The summed E-state index contributed by atoms with van der Waals surface area (Å²) in [6, 6.07) is 10.2. The number of carbonyl (C=O) groups excluding carboxylic acids is 1. The molecule has 0 radical (unpaired) electrons. The number of nitro groups is 1. The topological polar surface area (TPSA) is 72.7 Å². The van der Waals surface area contributed by atoms with Gasteiger partial charge in [-0.1, -0.05) is 32.0 Å². The van der Waals surface area contributed by atoms with Crippen molar-refractivity contribution in [2.45, 2.75) is 26.5 Å². The number of non-ortho nitro benzene ring substituents is 1. The van der Waals surface area contributed by atoms with Crippen LogP contribution in [0.2, 0.25) is 0 Å². The Labute approximate surface area is 144 Å². The van der Waals surface area contributed by atoms with Crippen molar-refractivity contribution in [3.8, 4) is 5.75 Å². The number of nitrogens with zero attached hydrogens (tertiary/aromatic N) is 2. The van der Waals surface area contributed by atoms with Gasteiger partial charge in [0.05, 0.1) is 17.2 Å². The summed E-state index contributed by atoms with van der Waals surface area (Å²) in [6.45, 7) is 3.67. The quantitative estimate of drug-likeness (QED) is 0.626. The van der Waals surface area contributed by atoms with Crippen molar-refractivity contribution in [2.24, 2.45) is 5.92 Å². The molecule has 7 heteroatoms. The number of hydrogen-bond acceptors (Lipinski definition) is 4. The second kappa shape index (κ2) is 6.51. The summed E-state index contributed by atoms with van der Waals surface area (Å²) in [5, 5.41) is 11.1. The Morgan fingerprint density at radius 3 is 2.64 bits per heavy atom. The van der Waals surface area contributed by atoms with E-state index in [1.165, 1.54) is 29.2 Å². The Balaban J connectivity index is 2.07. The van der Waals surface area contributed by atoms with Gasteiger partial charge in [0.25, 0.3) is 11.6 Å². The van der Waals surface area contributed by atoms with Crippen LogP contribution < -0.4 is 9.64 Å². The second-order valence-electron chi connectivity index (χ2n) is 6.21. The van der Waals surface area contributed by atoms with Gasteiger partial charge in [-0.3, -0.25) is 14.9 Å². The third-order valence-electron chi connectivity index (χ3n) is 4.10. The molecule has 2 aromatic carbocycles. The second-order valence-corrected chi connectivity index (χ2v) is 6.21. The number of ether oxygens (including phenoxy) is 1. The van der Waals surface area contributed by atoms with Gasteiger partial charge in [-0.05, 0) is 18.1 Å². The van der Waals surface area contributed by atoms with Crippen LogP contribution >= 0.6 is 0 Å². The van der Waals surface area contributed by atoms with Crippen LogP contribution in [0.3, 0.4) is 0 Å². The molecule has 1 amide bonds. The largest absolute Gasteiger partial charge is 0.478 e. The van der Waals surface area contributed by atoms with Crippen LogP contribution in [-0.2, 0) is 11.3 Å². The van der Waals surface area contributed by atoms with Crippen molar-refractivity contribution in [3.63, 3.8) is 0 Å². The first-order valence-corrected chi connectivity index (χ1v) is 7.88. The van der Waals surface area contributed by atoms with Crippen LogP contribution in [0.15, 0.2) is 42.5 Å². The lowest BCUT2D eigenvalue weighted by Gasteiger charge is -2.36. The van der Waals surface area contributed by atoms with Gasteiger partial charge in [0, 0.05) is 17.7 Å². The van der Waals surface area contributed by atoms with Gasteiger partial charge in [0.1, 0.15) is 11.6 Å². The third-order valence-corrected chi connectivity index (χ3v) is 4.10. The smallest absolute Gasteiger partial charge is 0.271 e. The van der Waals surface area contributed by atoms with E-state index in [9.17, 15) is 19.3 Å². The molecule has 1 heterocycles. The molecule has 0 fully saturated rings. The fraction of sp³-hybridized carbons (Fsp3) is 0.278. The van der Waals surface area contributed by atoms with Gasteiger partial charge in [0.2, 0.25) is 0 Å². The zero-order valence-corrected chi connectivity index (χ0v) is 13.8. The van der Waals surface area contributed by atoms with Gasteiger partial charge in [-0.25, -0.2) is 4.39 Å². The van der Waals surface area contributed by atoms with E-state index >= 15 is 0 Å². The van der Waals surface area contributed by atoms with Gasteiger partial charge in [-0.15, -0.1) is 0 Å². The molecule has 0 aliphatic carbocycles. The highest BCUT2D eigenvalue weighted by atomic mass is 19.1. The fourth-order valence-corrected chi connectivity index (χ4v) is 2.77. The molecule has 1 unspecified atom stereocenters. The standard InChI is InChI=1S/C18H17FN2O4/c1-11(2)17-18(22)20(10-12-5-3-4-6-14(12)19)15-9-13(21(23)24)7-8-16(15)25-17/h3-9,11,17H,10H2,1-2H3. The molecule has 0 aromatic heterocycles. The summed E-state index contributed by atoms with van der Waals surface area (Å²) in [6.07, 6.45) is -0.722. The zero-order valence-electron chi connectivity index (χ0n) is 13.8. The van der Waals surface area contributed by atoms with Gasteiger partial charge in [-0.2, -0.15) is 0 Å². The lowest BCUT2D eigenvalue weighted by atomic mass is 10.0. The van der Waals surface area contributed by atoms with E-state index in [4.69, 9.17) is 4.74 Å². The summed E-state index contributed by atoms with van der Waals surface area (Å²) in [5.41, 5.74) is 0.453. The molecule has 0 N–H and O–H groups in total.